The van der Waals surface area contributed by atoms with Gasteiger partial charge in [-0.3, -0.25) is 9.78 Å². The van der Waals surface area contributed by atoms with Crippen molar-refractivity contribution in [2.45, 2.75) is 13.3 Å². The van der Waals surface area contributed by atoms with Crippen molar-refractivity contribution in [3.63, 3.8) is 0 Å². The number of aromatic nitrogens is 1. The van der Waals surface area contributed by atoms with E-state index in [2.05, 4.69) is 16.4 Å². The smallest absolute Gasteiger partial charge is 0.265 e. The third-order valence-corrected chi connectivity index (χ3v) is 4.92. The van der Waals surface area contributed by atoms with E-state index < -0.39 is 0 Å². The Bertz CT molecular complexity index is 1140. The van der Waals surface area contributed by atoms with Crippen LogP contribution in [0.5, 0.6) is 5.75 Å². The van der Waals surface area contributed by atoms with Crippen LogP contribution in [0.1, 0.15) is 17.5 Å². The largest absolute Gasteiger partial charge is 0.482 e. The number of ether oxygens (including phenoxy) is 1. The summed E-state index contributed by atoms with van der Waals surface area (Å²) in [5, 5.41) is 13.3. The fourth-order valence-corrected chi connectivity index (χ4v) is 3.56. The molecule has 1 aromatic heterocycles. The Balaban J connectivity index is 1.51. The summed E-state index contributed by atoms with van der Waals surface area (Å²) in [5.41, 5.74) is 3.05. The molecule has 2 aromatic carbocycles. The molecule has 146 valence electrons. The van der Waals surface area contributed by atoms with Crippen LogP contribution < -0.4 is 15.0 Å². The molecule has 4 rings (SSSR count). The molecule has 7 heteroatoms. The Morgan fingerprint density at radius 3 is 3.00 bits per heavy atom. The molecule has 0 atom stereocenters. The topological polar surface area (TPSA) is 78.3 Å². The first-order valence-electron chi connectivity index (χ1n) is 9.33. The molecule has 1 N–H and O–H groups in total. The molecule has 2 heterocycles. The molecule has 1 aliphatic rings. The number of aryl methyl sites for hydroxylation is 1. The van der Waals surface area contributed by atoms with E-state index in [0.29, 0.717) is 53.0 Å². The molecule has 1 amide bonds. The van der Waals surface area contributed by atoms with Gasteiger partial charge in [0, 0.05) is 24.7 Å². The lowest BCUT2D eigenvalue weighted by molar-refractivity contribution is -0.121. The van der Waals surface area contributed by atoms with Crippen LogP contribution >= 0.6 is 0 Å². The molecule has 3 aromatic rings. The highest BCUT2D eigenvalue weighted by atomic mass is 19.1. The number of halogens is 1. The number of nitriles is 1. The highest BCUT2D eigenvalue weighted by Gasteiger charge is 2.24. The minimum Gasteiger partial charge on any atom is -0.482 e. The zero-order valence-corrected chi connectivity index (χ0v) is 15.9. The van der Waals surface area contributed by atoms with Crippen LogP contribution in [0.15, 0.2) is 42.6 Å². The van der Waals surface area contributed by atoms with E-state index in [1.165, 1.54) is 18.3 Å². The summed E-state index contributed by atoms with van der Waals surface area (Å²) >= 11 is 0. The summed E-state index contributed by atoms with van der Waals surface area (Å²) in [6, 6.07) is 12.4. The first-order chi connectivity index (χ1) is 14.1. The molecule has 0 aliphatic carbocycles. The monoisotopic (exact) mass is 390 g/mol. The Labute approximate surface area is 167 Å². The SMILES string of the molecule is Cc1cc(F)cc2c(NCCCN3C(=O)COc4ccccc43)c(C#N)cnc12. The molecule has 29 heavy (non-hydrogen) atoms. The Kier molecular flexibility index (Phi) is 5.00. The van der Waals surface area contributed by atoms with Crippen molar-refractivity contribution in [1.29, 1.82) is 5.26 Å². The number of anilines is 2. The van der Waals surface area contributed by atoms with Gasteiger partial charge in [0.1, 0.15) is 17.6 Å². The normalized spacial score (nSPS) is 13.0. The van der Waals surface area contributed by atoms with Crippen LogP contribution in [0.3, 0.4) is 0 Å². The number of carbonyl (C=O) groups excluding carboxylic acids is 1. The second-order valence-electron chi connectivity index (χ2n) is 6.86. The van der Waals surface area contributed by atoms with E-state index in [9.17, 15) is 14.4 Å². The van der Waals surface area contributed by atoms with Crippen molar-refractivity contribution in [2.75, 3.05) is 29.9 Å². The van der Waals surface area contributed by atoms with E-state index in [4.69, 9.17) is 4.74 Å². The number of fused-ring (bicyclic) bond motifs is 2. The minimum atomic E-state index is -0.370. The van der Waals surface area contributed by atoms with Crippen molar-refractivity contribution < 1.29 is 13.9 Å². The van der Waals surface area contributed by atoms with Gasteiger partial charge in [-0.1, -0.05) is 12.1 Å². The van der Waals surface area contributed by atoms with Crippen molar-refractivity contribution in [3.8, 4) is 11.8 Å². The van der Waals surface area contributed by atoms with E-state index in [-0.39, 0.29) is 18.3 Å². The molecule has 6 nitrogen and oxygen atoms in total. The molecule has 0 fully saturated rings. The maximum absolute atomic E-state index is 13.9. The molecule has 1 aliphatic heterocycles. The average molecular weight is 390 g/mol. The van der Waals surface area contributed by atoms with Gasteiger partial charge in [0.2, 0.25) is 0 Å². The van der Waals surface area contributed by atoms with Gasteiger partial charge in [-0.2, -0.15) is 5.26 Å². The van der Waals surface area contributed by atoms with Gasteiger partial charge in [0.05, 0.1) is 22.5 Å². The van der Waals surface area contributed by atoms with Crippen LogP contribution in [0.4, 0.5) is 15.8 Å². The Morgan fingerprint density at radius 2 is 2.17 bits per heavy atom. The summed E-state index contributed by atoms with van der Waals surface area (Å²) in [4.78, 5) is 18.3. The third-order valence-electron chi connectivity index (χ3n) is 4.92. The van der Waals surface area contributed by atoms with Gasteiger partial charge in [-0.15, -0.1) is 0 Å². The van der Waals surface area contributed by atoms with Crippen LogP contribution in [0.25, 0.3) is 10.9 Å². The predicted molar refractivity (Wildman–Crippen MR) is 109 cm³/mol. The van der Waals surface area contributed by atoms with Gasteiger partial charge in [-0.05, 0) is 43.2 Å². The van der Waals surface area contributed by atoms with E-state index in [1.807, 2.05) is 24.3 Å². The number of nitrogens with zero attached hydrogens (tertiary/aromatic N) is 3. The molecule has 0 bridgehead atoms. The van der Waals surface area contributed by atoms with Crippen LogP contribution in [-0.2, 0) is 4.79 Å². The summed E-state index contributed by atoms with van der Waals surface area (Å²) in [6.45, 7) is 2.83. The van der Waals surface area contributed by atoms with Crippen molar-refractivity contribution >= 4 is 28.2 Å². The van der Waals surface area contributed by atoms with Gasteiger partial charge in [0.25, 0.3) is 5.91 Å². The number of carbonyl (C=O) groups is 1. The van der Waals surface area contributed by atoms with Gasteiger partial charge < -0.3 is 15.0 Å². The number of pyridine rings is 1. The quantitative estimate of drug-likeness (QED) is 0.671. The second-order valence-corrected chi connectivity index (χ2v) is 6.86. The fraction of sp³-hybridized carbons (Fsp3) is 0.227. The standard InChI is InChI=1S/C22H19FN4O2/c1-14-9-16(23)10-17-21(14)26-12-15(11-24)22(17)25-7-4-8-27-18-5-2-3-6-19(18)29-13-20(27)28/h2-3,5-6,9-10,12H,4,7-8,13H2,1H3,(H,25,26). The molecular formula is C22H19FN4O2. The van der Waals surface area contributed by atoms with Crippen LogP contribution in [0.2, 0.25) is 0 Å². The zero-order valence-electron chi connectivity index (χ0n) is 15.9. The van der Waals surface area contributed by atoms with Gasteiger partial charge >= 0.3 is 0 Å². The van der Waals surface area contributed by atoms with Crippen molar-refractivity contribution in [2.24, 2.45) is 0 Å². The third kappa shape index (κ3) is 3.57. The summed E-state index contributed by atoms with van der Waals surface area (Å²) in [5.74, 6) is 0.233. The zero-order chi connectivity index (χ0) is 20.4. The number of hydrogen-bond acceptors (Lipinski definition) is 5. The molecule has 0 saturated carbocycles. The van der Waals surface area contributed by atoms with E-state index in [1.54, 1.807) is 11.8 Å². The Morgan fingerprint density at radius 1 is 1.34 bits per heavy atom. The summed E-state index contributed by atoms with van der Waals surface area (Å²) in [6.07, 6.45) is 2.14. The molecule has 0 unspecified atom stereocenters. The molecule has 0 radical (unpaired) electrons. The van der Waals surface area contributed by atoms with Gasteiger partial charge in [0.15, 0.2) is 6.61 Å². The summed E-state index contributed by atoms with van der Waals surface area (Å²) in [7, 11) is 0. The maximum atomic E-state index is 13.9. The second kappa shape index (κ2) is 7.76. The molecular weight excluding hydrogens is 371 g/mol. The van der Waals surface area contributed by atoms with Crippen LogP contribution in [0, 0.1) is 24.1 Å². The maximum Gasteiger partial charge on any atom is 0.265 e. The average Bonchev–Trinajstić information content (AvgIpc) is 2.72. The first-order valence-corrected chi connectivity index (χ1v) is 9.33. The molecule has 0 saturated heterocycles. The van der Waals surface area contributed by atoms with E-state index in [0.717, 1.165) is 5.69 Å². The lowest BCUT2D eigenvalue weighted by atomic mass is 10.1. The number of amides is 1. The minimum absolute atomic E-state index is 0.0244. The van der Waals surface area contributed by atoms with E-state index >= 15 is 0 Å². The number of para-hydroxylation sites is 2. The number of benzene rings is 2. The summed E-state index contributed by atoms with van der Waals surface area (Å²) < 4.78 is 19.4. The Hall–Kier alpha value is -3.66. The lowest BCUT2D eigenvalue weighted by Gasteiger charge is -2.29. The van der Waals surface area contributed by atoms with Crippen molar-refractivity contribution in [1.82, 2.24) is 4.98 Å². The number of nitrogens with one attached hydrogen (secondary N) is 1. The first kappa shape index (κ1) is 18.7. The van der Waals surface area contributed by atoms with Crippen LogP contribution in [-0.4, -0.2) is 30.6 Å². The predicted octanol–water partition coefficient (Wildman–Crippen LogP) is 3.78. The van der Waals surface area contributed by atoms with Gasteiger partial charge in [-0.25, -0.2) is 4.39 Å². The highest BCUT2D eigenvalue weighted by molar-refractivity contribution is 5.98. The highest BCUT2D eigenvalue weighted by Crippen LogP contribution is 2.32. The number of hydrogen-bond donors (Lipinski definition) is 1. The fourth-order valence-electron chi connectivity index (χ4n) is 3.56. The number of rotatable bonds is 5. The molecule has 0 spiro atoms. The lowest BCUT2D eigenvalue weighted by Crippen LogP contribution is -2.39. The van der Waals surface area contributed by atoms with Crippen molar-refractivity contribution in [3.05, 3.63) is 59.5 Å².